The van der Waals surface area contributed by atoms with Gasteiger partial charge in [-0.2, -0.15) is 0 Å². The summed E-state index contributed by atoms with van der Waals surface area (Å²) < 4.78 is 5.26. The number of anilines is 1. The molecule has 5 nitrogen and oxygen atoms in total. The second kappa shape index (κ2) is 6.87. The standard InChI is InChI=1S/C17H18ClN3O2/c1-23-15-4-2-3-14(11-15)20-7-9-21(10-8-20)17(22)13-5-6-16(18)19-12-13/h2-6,11-12H,7-10H2,1H3. The SMILES string of the molecule is COc1cccc(N2CCN(C(=O)c3ccc(Cl)nc3)CC2)c1. The number of nitrogens with zero attached hydrogens (tertiary/aromatic N) is 3. The van der Waals surface area contributed by atoms with E-state index >= 15 is 0 Å². The van der Waals surface area contributed by atoms with Gasteiger partial charge in [0, 0.05) is 44.1 Å². The summed E-state index contributed by atoms with van der Waals surface area (Å²) in [7, 11) is 1.66. The second-order valence-corrected chi connectivity index (χ2v) is 5.74. The van der Waals surface area contributed by atoms with Crippen molar-refractivity contribution < 1.29 is 9.53 Å². The number of hydrogen-bond acceptors (Lipinski definition) is 4. The maximum absolute atomic E-state index is 12.5. The van der Waals surface area contributed by atoms with Gasteiger partial charge in [0.1, 0.15) is 10.9 Å². The molecule has 1 saturated heterocycles. The summed E-state index contributed by atoms with van der Waals surface area (Å²) >= 11 is 5.76. The molecular formula is C17H18ClN3O2. The van der Waals surface area contributed by atoms with Crippen LogP contribution in [0, 0.1) is 0 Å². The quantitative estimate of drug-likeness (QED) is 0.811. The zero-order valence-electron chi connectivity index (χ0n) is 12.9. The van der Waals surface area contributed by atoms with Crippen LogP contribution < -0.4 is 9.64 Å². The molecule has 0 unspecified atom stereocenters. The fraction of sp³-hybridized carbons (Fsp3) is 0.294. The lowest BCUT2D eigenvalue weighted by Gasteiger charge is -2.36. The average Bonchev–Trinajstić information content (AvgIpc) is 2.62. The molecule has 0 saturated carbocycles. The van der Waals surface area contributed by atoms with Crippen molar-refractivity contribution in [2.24, 2.45) is 0 Å². The fourth-order valence-electron chi connectivity index (χ4n) is 2.66. The molecule has 3 rings (SSSR count). The molecule has 2 aromatic rings. The van der Waals surface area contributed by atoms with Crippen LogP contribution in [-0.2, 0) is 0 Å². The van der Waals surface area contributed by atoms with Crippen LogP contribution >= 0.6 is 11.6 Å². The maximum Gasteiger partial charge on any atom is 0.255 e. The minimum absolute atomic E-state index is 0.000501. The van der Waals surface area contributed by atoms with E-state index in [0.29, 0.717) is 23.8 Å². The van der Waals surface area contributed by atoms with Crippen molar-refractivity contribution in [1.29, 1.82) is 0 Å². The fourth-order valence-corrected chi connectivity index (χ4v) is 2.77. The number of pyridine rings is 1. The van der Waals surface area contributed by atoms with E-state index in [4.69, 9.17) is 16.3 Å². The number of aromatic nitrogens is 1. The van der Waals surface area contributed by atoms with E-state index in [0.717, 1.165) is 24.5 Å². The van der Waals surface area contributed by atoms with Gasteiger partial charge in [-0.1, -0.05) is 17.7 Å². The van der Waals surface area contributed by atoms with E-state index in [2.05, 4.69) is 16.0 Å². The minimum Gasteiger partial charge on any atom is -0.497 e. The van der Waals surface area contributed by atoms with Gasteiger partial charge in [0.05, 0.1) is 12.7 Å². The number of amides is 1. The largest absolute Gasteiger partial charge is 0.497 e. The number of ether oxygens (including phenoxy) is 1. The van der Waals surface area contributed by atoms with Crippen molar-refractivity contribution >= 4 is 23.2 Å². The normalized spacial score (nSPS) is 14.7. The van der Waals surface area contributed by atoms with E-state index in [-0.39, 0.29) is 5.91 Å². The third-order valence-electron chi connectivity index (χ3n) is 3.96. The van der Waals surface area contributed by atoms with Crippen molar-refractivity contribution in [3.63, 3.8) is 0 Å². The first-order valence-electron chi connectivity index (χ1n) is 7.47. The summed E-state index contributed by atoms with van der Waals surface area (Å²) in [6.45, 7) is 2.94. The Morgan fingerprint density at radius 3 is 2.61 bits per heavy atom. The van der Waals surface area contributed by atoms with Gasteiger partial charge in [-0.05, 0) is 24.3 Å². The van der Waals surface area contributed by atoms with Gasteiger partial charge < -0.3 is 14.5 Å². The van der Waals surface area contributed by atoms with Crippen LogP contribution in [0.25, 0.3) is 0 Å². The lowest BCUT2D eigenvalue weighted by molar-refractivity contribution is 0.0746. The lowest BCUT2D eigenvalue weighted by Crippen LogP contribution is -2.48. The van der Waals surface area contributed by atoms with Gasteiger partial charge in [-0.25, -0.2) is 4.98 Å². The van der Waals surface area contributed by atoms with Crippen molar-refractivity contribution in [3.05, 3.63) is 53.3 Å². The molecule has 0 spiro atoms. The van der Waals surface area contributed by atoms with Crippen molar-refractivity contribution in [3.8, 4) is 5.75 Å². The number of benzene rings is 1. The Bertz CT molecular complexity index is 682. The number of methoxy groups -OCH3 is 1. The predicted octanol–water partition coefficient (Wildman–Crippen LogP) is 2.71. The summed E-state index contributed by atoms with van der Waals surface area (Å²) in [5.41, 5.74) is 1.69. The molecule has 120 valence electrons. The Kier molecular flexibility index (Phi) is 4.67. The number of halogens is 1. The molecule has 1 aliphatic rings. The van der Waals surface area contributed by atoms with Gasteiger partial charge in [0.2, 0.25) is 0 Å². The molecule has 23 heavy (non-hydrogen) atoms. The third kappa shape index (κ3) is 3.56. The Hall–Kier alpha value is -2.27. The molecule has 6 heteroatoms. The number of hydrogen-bond donors (Lipinski definition) is 0. The highest BCUT2D eigenvalue weighted by molar-refractivity contribution is 6.29. The molecular weight excluding hydrogens is 314 g/mol. The molecule has 2 heterocycles. The molecule has 1 fully saturated rings. The van der Waals surface area contributed by atoms with E-state index in [1.54, 1.807) is 19.2 Å². The average molecular weight is 332 g/mol. The zero-order valence-corrected chi connectivity index (χ0v) is 13.7. The van der Waals surface area contributed by atoms with Gasteiger partial charge in [0.25, 0.3) is 5.91 Å². The zero-order chi connectivity index (χ0) is 16.2. The maximum atomic E-state index is 12.5. The first-order chi connectivity index (χ1) is 11.2. The summed E-state index contributed by atoms with van der Waals surface area (Å²) in [5, 5.41) is 0.393. The Labute approximate surface area is 140 Å². The van der Waals surface area contributed by atoms with Crippen LogP contribution in [0.2, 0.25) is 5.15 Å². The molecule has 1 aliphatic heterocycles. The van der Waals surface area contributed by atoms with Crippen molar-refractivity contribution in [1.82, 2.24) is 9.88 Å². The van der Waals surface area contributed by atoms with Gasteiger partial charge >= 0.3 is 0 Å². The predicted molar refractivity (Wildman–Crippen MR) is 90.4 cm³/mol. The first-order valence-corrected chi connectivity index (χ1v) is 7.85. The summed E-state index contributed by atoms with van der Waals surface area (Å²) in [6.07, 6.45) is 1.53. The summed E-state index contributed by atoms with van der Waals surface area (Å²) in [5.74, 6) is 0.840. The number of rotatable bonds is 3. The first kappa shape index (κ1) is 15.6. The van der Waals surface area contributed by atoms with Gasteiger partial charge in [-0.3, -0.25) is 4.79 Å². The molecule has 1 aromatic carbocycles. The molecule has 0 radical (unpaired) electrons. The van der Waals surface area contributed by atoms with Crippen LogP contribution in [0.4, 0.5) is 5.69 Å². The van der Waals surface area contributed by atoms with E-state index in [1.807, 2.05) is 23.1 Å². The Morgan fingerprint density at radius 1 is 1.17 bits per heavy atom. The monoisotopic (exact) mass is 331 g/mol. The van der Waals surface area contributed by atoms with Crippen LogP contribution in [0.15, 0.2) is 42.6 Å². The van der Waals surface area contributed by atoms with E-state index in [9.17, 15) is 4.79 Å². The van der Waals surface area contributed by atoms with Crippen LogP contribution in [0.3, 0.4) is 0 Å². The molecule has 1 amide bonds. The van der Waals surface area contributed by atoms with E-state index in [1.165, 1.54) is 6.20 Å². The summed E-state index contributed by atoms with van der Waals surface area (Å²) in [6, 6.07) is 11.3. The molecule has 1 aromatic heterocycles. The highest BCUT2D eigenvalue weighted by Crippen LogP contribution is 2.22. The van der Waals surface area contributed by atoms with Crippen molar-refractivity contribution in [2.45, 2.75) is 0 Å². The smallest absolute Gasteiger partial charge is 0.255 e. The van der Waals surface area contributed by atoms with Gasteiger partial charge in [-0.15, -0.1) is 0 Å². The number of carbonyl (C=O) groups excluding carboxylic acids is 1. The molecule has 0 atom stereocenters. The third-order valence-corrected chi connectivity index (χ3v) is 4.18. The highest BCUT2D eigenvalue weighted by Gasteiger charge is 2.22. The molecule has 0 bridgehead atoms. The second-order valence-electron chi connectivity index (χ2n) is 5.35. The Morgan fingerprint density at radius 2 is 1.96 bits per heavy atom. The van der Waals surface area contributed by atoms with E-state index < -0.39 is 0 Å². The topological polar surface area (TPSA) is 45.7 Å². The number of piperazine rings is 1. The summed E-state index contributed by atoms with van der Waals surface area (Å²) in [4.78, 5) is 20.5. The number of carbonyl (C=O) groups is 1. The van der Waals surface area contributed by atoms with Crippen LogP contribution in [-0.4, -0.2) is 49.1 Å². The minimum atomic E-state index is -0.000501. The lowest BCUT2D eigenvalue weighted by atomic mass is 10.2. The highest BCUT2D eigenvalue weighted by atomic mass is 35.5. The van der Waals surface area contributed by atoms with Crippen molar-refractivity contribution in [2.75, 3.05) is 38.2 Å². The molecule has 0 aliphatic carbocycles. The molecule has 0 N–H and O–H groups in total. The van der Waals surface area contributed by atoms with Crippen LogP contribution in [0.1, 0.15) is 10.4 Å². The Balaban J connectivity index is 1.63. The van der Waals surface area contributed by atoms with Crippen LogP contribution in [0.5, 0.6) is 5.75 Å². The van der Waals surface area contributed by atoms with Gasteiger partial charge in [0.15, 0.2) is 0 Å².